The molecule has 0 aromatic heterocycles. The Balaban J connectivity index is 1.52. The Morgan fingerprint density at radius 3 is 1.39 bits per heavy atom. The average molecular weight is 542 g/mol. The lowest BCUT2D eigenvalue weighted by Crippen LogP contribution is -2.22. The minimum atomic E-state index is -0.396. The van der Waals surface area contributed by atoms with E-state index in [1.54, 1.807) is 6.07 Å². The number of benzene rings is 5. The van der Waals surface area contributed by atoms with E-state index in [0.717, 1.165) is 27.9 Å². The summed E-state index contributed by atoms with van der Waals surface area (Å²) in [7, 11) is 0. The zero-order valence-electron chi connectivity index (χ0n) is 22.7. The van der Waals surface area contributed by atoms with Gasteiger partial charge in [-0.2, -0.15) is 0 Å². The predicted molar refractivity (Wildman–Crippen MR) is 163 cm³/mol. The van der Waals surface area contributed by atoms with Crippen molar-refractivity contribution < 1.29 is 4.92 Å². The van der Waals surface area contributed by atoms with E-state index >= 15 is 0 Å². The summed E-state index contributed by atoms with van der Waals surface area (Å²) in [4.78, 5) is 13.5. The van der Waals surface area contributed by atoms with Crippen molar-refractivity contribution in [3.63, 3.8) is 0 Å². The van der Waals surface area contributed by atoms with E-state index in [9.17, 15) is 10.1 Å². The molecule has 0 saturated carbocycles. The molecule has 0 aliphatic carbocycles. The Kier molecular flexibility index (Phi) is 9.09. The lowest BCUT2D eigenvalue weighted by Gasteiger charge is -2.26. The van der Waals surface area contributed by atoms with E-state index in [4.69, 9.17) is 0 Å². The van der Waals surface area contributed by atoms with E-state index in [0.29, 0.717) is 31.9 Å². The van der Waals surface area contributed by atoms with Gasteiger partial charge in [-0.3, -0.25) is 15.1 Å². The zero-order valence-corrected chi connectivity index (χ0v) is 22.7. The first-order valence-corrected chi connectivity index (χ1v) is 13.5. The zero-order chi connectivity index (χ0) is 28.3. The minimum absolute atomic E-state index is 0.0280. The summed E-state index contributed by atoms with van der Waals surface area (Å²) >= 11 is 0. The van der Waals surface area contributed by atoms with E-state index in [1.807, 2.05) is 102 Å². The topological polar surface area (TPSA) is 74.3 Å². The number of rotatable bonds is 12. The van der Waals surface area contributed by atoms with Crippen LogP contribution in [-0.4, -0.2) is 9.93 Å². The molecule has 5 aromatic carbocycles. The van der Waals surface area contributed by atoms with Gasteiger partial charge in [-0.25, -0.2) is 0 Å². The molecule has 5 aromatic rings. The molecule has 0 saturated heterocycles. The first-order valence-electron chi connectivity index (χ1n) is 13.5. The van der Waals surface area contributed by atoms with Crippen molar-refractivity contribution in [1.29, 1.82) is 0 Å². The highest BCUT2D eigenvalue weighted by Gasteiger charge is 2.18. The third kappa shape index (κ3) is 7.86. The first-order chi connectivity index (χ1) is 20.1. The standard InChI is InChI=1S/C34H31N5O2/c40-39(41)32-21-22-34(37(24-28-13-5-1-6-14-28)25-29-15-7-2-8-16-29)33(23-32)35-36-38(26-30-17-9-3-10-18-30)27-31-19-11-4-12-20-31/h1-23H,24-27H2. The lowest BCUT2D eigenvalue weighted by molar-refractivity contribution is -0.384. The molecule has 0 unspecified atom stereocenters. The molecule has 5 rings (SSSR count). The van der Waals surface area contributed by atoms with Gasteiger partial charge in [0, 0.05) is 25.2 Å². The van der Waals surface area contributed by atoms with Crippen molar-refractivity contribution in [2.24, 2.45) is 10.3 Å². The molecule has 0 radical (unpaired) electrons. The van der Waals surface area contributed by atoms with Gasteiger partial charge in [0.2, 0.25) is 0 Å². The van der Waals surface area contributed by atoms with Crippen molar-refractivity contribution in [3.05, 3.63) is 172 Å². The van der Waals surface area contributed by atoms with Crippen molar-refractivity contribution in [2.45, 2.75) is 26.2 Å². The van der Waals surface area contributed by atoms with Gasteiger partial charge in [-0.15, -0.1) is 5.11 Å². The summed E-state index contributed by atoms with van der Waals surface area (Å²) in [5.74, 6) is 0. The molecule has 204 valence electrons. The van der Waals surface area contributed by atoms with Crippen LogP contribution in [0.25, 0.3) is 0 Å². The average Bonchev–Trinajstić information content (AvgIpc) is 3.01. The van der Waals surface area contributed by atoms with Crippen LogP contribution in [0.4, 0.5) is 17.1 Å². The van der Waals surface area contributed by atoms with Crippen LogP contribution in [-0.2, 0) is 26.2 Å². The molecule has 7 heteroatoms. The van der Waals surface area contributed by atoms with Gasteiger partial charge in [-0.05, 0) is 28.3 Å². The maximum Gasteiger partial charge on any atom is 0.271 e. The van der Waals surface area contributed by atoms with Crippen LogP contribution in [0.5, 0.6) is 0 Å². The molecule has 0 heterocycles. The van der Waals surface area contributed by atoms with Crippen LogP contribution in [0.2, 0.25) is 0 Å². The fraction of sp³-hybridized carbons (Fsp3) is 0.118. The van der Waals surface area contributed by atoms with Crippen LogP contribution in [0.1, 0.15) is 22.3 Å². The molecule has 41 heavy (non-hydrogen) atoms. The normalized spacial score (nSPS) is 10.9. The molecular weight excluding hydrogens is 510 g/mol. The van der Waals surface area contributed by atoms with Gasteiger partial charge in [-0.1, -0.05) is 127 Å². The molecule has 0 aliphatic heterocycles. The van der Waals surface area contributed by atoms with Gasteiger partial charge < -0.3 is 4.90 Å². The Morgan fingerprint density at radius 2 is 0.976 bits per heavy atom. The van der Waals surface area contributed by atoms with Crippen LogP contribution in [0, 0.1) is 10.1 Å². The summed E-state index contributed by atoms with van der Waals surface area (Å²) < 4.78 is 0. The molecule has 0 aliphatic rings. The van der Waals surface area contributed by atoms with E-state index in [-0.39, 0.29) is 5.69 Å². The summed E-state index contributed by atoms with van der Waals surface area (Å²) in [5.41, 5.74) is 5.62. The Morgan fingerprint density at radius 1 is 0.561 bits per heavy atom. The third-order valence-corrected chi connectivity index (χ3v) is 6.64. The Labute approximate surface area is 240 Å². The van der Waals surface area contributed by atoms with Gasteiger partial charge in [0.05, 0.1) is 23.7 Å². The molecule has 0 N–H and O–H groups in total. The maximum absolute atomic E-state index is 11.7. The number of nitrogens with zero attached hydrogens (tertiary/aromatic N) is 5. The lowest BCUT2D eigenvalue weighted by atomic mass is 10.1. The number of hydrogen-bond donors (Lipinski definition) is 0. The Bertz CT molecular complexity index is 1480. The fourth-order valence-corrected chi connectivity index (χ4v) is 4.63. The second kappa shape index (κ2) is 13.7. The summed E-state index contributed by atoms with van der Waals surface area (Å²) in [6.45, 7) is 2.30. The summed E-state index contributed by atoms with van der Waals surface area (Å²) in [6.07, 6.45) is 0. The van der Waals surface area contributed by atoms with Crippen LogP contribution in [0.3, 0.4) is 0 Å². The summed E-state index contributed by atoms with van der Waals surface area (Å²) in [6, 6.07) is 45.3. The largest absolute Gasteiger partial charge is 0.361 e. The number of nitro groups is 1. The predicted octanol–water partition coefficient (Wildman–Crippen LogP) is 8.50. The van der Waals surface area contributed by atoms with Crippen molar-refractivity contribution in [3.8, 4) is 0 Å². The fourth-order valence-electron chi connectivity index (χ4n) is 4.63. The van der Waals surface area contributed by atoms with Gasteiger partial charge >= 0.3 is 0 Å². The molecule has 0 atom stereocenters. The molecule has 0 bridgehead atoms. The van der Waals surface area contributed by atoms with Crippen molar-refractivity contribution in [1.82, 2.24) is 5.01 Å². The third-order valence-electron chi connectivity index (χ3n) is 6.64. The highest BCUT2D eigenvalue weighted by atomic mass is 16.6. The van der Waals surface area contributed by atoms with E-state index in [2.05, 4.69) is 39.5 Å². The van der Waals surface area contributed by atoms with Crippen LogP contribution < -0.4 is 4.90 Å². The SMILES string of the molecule is O=[N+]([O-])c1ccc(N(Cc2ccccc2)Cc2ccccc2)c(N=NN(Cc2ccccc2)Cc2ccccc2)c1. The van der Waals surface area contributed by atoms with E-state index in [1.165, 1.54) is 12.1 Å². The van der Waals surface area contributed by atoms with Crippen molar-refractivity contribution in [2.75, 3.05) is 4.90 Å². The number of nitro benzene ring substituents is 1. The first kappa shape index (κ1) is 27.3. The quantitative estimate of drug-likeness (QED) is 0.0901. The highest BCUT2D eigenvalue weighted by Crippen LogP contribution is 2.35. The number of anilines is 1. The van der Waals surface area contributed by atoms with Gasteiger partial charge in [0.25, 0.3) is 5.69 Å². The monoisotopic (exact) mass is 541 g/mol. The second-order valence-electron chi connectivity index (χ2n) is 9.74. The molecule has 0 amide bonds. The second-order valence-corrected chi connectivity index (χ2v) is 9.74. The van der Waals surface area contributed by atoms with Crippen molar-refractivity contribution >= 4 is 17.1 Å². The molecule has 7 nitrogen and oxygen atoms in total. The number of hydrogen-bond acceptors (Lipinski definition) is 5. The van der Waals surface area contributed by atoms with Gasteiger partial charge in [0.15, 0.2) is 0 Å². The minimum Gasteiger partial charge on any atom is -0.361 e. The Hall–Kier alpha value is -5.30. The van der Waals surface area contributed by atoms with Crippen LogP contribution in [0.15, 0.2) is 150 Å². The molecule has 0 spiro atoms. The van der Waals surface area contributed by atoms with Gasteiger partial charge in [0.1, 0.15) is 5.69 Å². The van der Waals surface area contributed by atoms with Crippen LogP contribution >= 0.6 is 0 Å². The maximum atomic E-state index is 11.7. The van der Waals surface area contributed by atoms with E-state index < -0.39 is 4.92 Å². The molecule has 0 fully saturated rings. The highest BCUT2D eigenvalue weighted by molar-refractivity contribution is 5.70. The molecular formula is C34H31N5O2. The number of non-ortho nitro benzene ring substituents is 1. The smallest absolute Gasteiger partial charge is 0.271 e. The summed E-state index contributed by atoms with van der Waals surface area (Å²) in [5, 5.41) is 22.9.